The van der Waals surface area contributed by atoms with Gasteiger partial charge in [0, 0.05) is 12.8 Å². The molecule has 0 aromatic heterocycles. The Morgan fingerprint density at radius 2 is 0.983 bits per heavy atom. The van der Waals surface area contributed by atoms with E-state index in [0.717, 1.165) is 51.4 Å². The quantitative estimate of drug-likeness (QED) is 0.0278. The molecule has 2 fully saturated rings. The fourth-order valence-corrected chi connectivity index (χ4v) is 6.97. The molecule has 15 nitrogen and oxygen atoms in total. The molecule has 2 heterocycles. The lowest BCUT2D eigenvalue weighted by Crippen LogP contribution is -2.61. The molecule has 0 amide bonds. The van der Waals surface area contributed by atoms with Crippen molar-refractivity contribution in [3.8, 4) is 0 Å². The number of ether oxygens (including phenoxy) is 6. The number of rotatable bonds is 33. The van der Waals surface area contributed by atoms with Crippen LogP contribution in [0.25, 0.3) is 0 Å². The van der Waals surface area contributed by atoms with Gasteiger partial charge in [0.25, 0.3) is 0 Å². The van der Waals surface area contributed by atoms with E-state index < -0.39 is 92.7 Å². The van der Waals surface area contributed by atoms with Gasteiger partial charge in [0.2, 0.25) is 0 Å². The number of carbonyl (C=O) groups excluding carboxylic acids is 2. The highest BCUT2D eigenvalue weighted by atomic mass is 16.7. The van der Waals surface area contributed by atoms with E-state index >= 15 is 0 Å². The molecule has 58 heavy (non-hydrogen) atoms. The van der Waals surface area contributed by atoms with Gasteiger partial charge in [-0.15, -0.1) is 0 Å². The average molecular weight is 835 g/mol. The Labute approximate surface area is 346 Å². The van der Waals surface area contributed by atoms with Gasteiger partial charge in [-0.25, -0.2) is 0 Å². The highest BCUT2D eigenvalue weighted by Crippen LogP contribution is 2.26. The normalized spacial score (nSPS) is 28.2. The van der Waals surface area contributed by atoms with Gasteiger partial charge < -0.3 is 64.2 Å². The summed E-state index contributed by atoms with van der Waals surface area (Å²) in [7, 11) is 0. The minimum Gasteiger partial charge on any atom is -0.462 e. The van der Waals surface area contributed by atoms with Gasteiger partial charge in [-0.3, -0.25) is 9.59 Å². The van der Waals surface area contributed by atoms with E-state index in [-0.39, 0.29) is 26.1 Å². The SMILES string of the molecule is CCCCCCCCC/C=C\CCCCCCCCCC(=O)OC(COC(=O)CCCCCC)COC1OC(COC2OC(CO)C(O)C(O)C2O)C(O)C(O)C1O. The van der Waals surface area contributed by atoms with Crippen LogP contribution in [0.5, 0.6) is 0 Å². The zero-order valence-corrected chi connectivity index (χ0v) is 35.3. The van der Waals surface area contributed by atoms with Gasteiger partial charge in [0.1, 0.15) is 55.4 Å². The number of hydrogen-bond donors (Lipinski definition) is 7. The van der Waals surface area contributed by atoms with Crippen LogP contribution in [0.3, 0.4) is 0 Å². The molecule has 0 spiro atoms. The molecule has 0 aromatic rings. The molecule has 0 bridgehead atoms. The van der Waals surface area contributed by atoms with Crippen molar-refractivity contribution in [2.45, 2.75) is 223 Å². The lowest BCUT2D eigenvalue weighted by Gasteiger charge is -2.42. The third-order valence-corrected chi connectivity index (χ3v) is 10.7. The van der Waals surface area contributed by atoms with Gasteiger partial charge in [0.15, 0.2) is 18.7 Å². The van der Waals surface area contributed by atoms with Crippen molar-refractivity contribution >= 4 is 11.9 Å². The number of esters is 2. The maximum absolute atomic E-state index is 12.9. The minimum atomic E-state index is -1.76. The summed E-state index contributed by atoms with van der Waals surface area (Å²) in [5, 5.41) is 71.6. The van der Waals surface area contributed by atoms with Crippen LogP contribution < -0.4 is 0 Å². The van der Waals surface area contributed by atoms with Crippen LogP contribution in [0, 0.1) is 0 Å². The summed E-state index contributed by atoms with van der Waals surface area (Å²) < 4.78 is 33.2. The van der Waals surface area contributed by atoms with E-state index in [1.165, 1.54) is 64.2 Å². The molecule has 7 N–H and O–H groups in total. The number of carbonyl (C=O) groups is 2. The minimum absolute atomic E-state index is 0.163. The zero-order chi connectivity index (χ0) is 42.5. The van der Waals surface area contributed by atoms with E-state index in [1.54, 1.807) is 0 Å². The monoisotopic (exact) mass is 835 g/mol. The summed E-state index contributed by atoms with van der Waals surface area (Å²) in [5.74, 6) is -0.947. The van der Waals surface area contributed by atoms with E-state index in [4.69, 9.17) is 28.4 Å². The Kier molecular flexibility index (Phi) is 28.9. The standard InChI is InChI=1S/C43H78O15/c1-3-5-7-9-10-11-12-13-14-15-16-17-18-19-20-21-22-24-26-35(46)56-31(28-53-34(45)25-23-8-6-4-2)29-54-42-41(52)39(50)37(48)33(58-42)30-55-43-40(51)38(49)36(47)32(27-44)57-43/h14-15,31-33,36-44,47-52H,3-13,16-30H2,1-2H3/b15-14-. The molecule has 15 heteroatoms. The average Bonchev–Trinajstić information content (AvgIpc) is 3.22. The summed E-state index contributed by atoms with van der Waals surface area (Å²) in [6.07, 6.45) is 10.5. The predicted octanol–water partition coefficient (Wildman–Crippen LogP) is 4.26. The third-order valence-electron chi connectivity index (χ3n) is 10.7. The number of unbranched alkanes of at least 4 members (excludes halogenated alkanes) is 17. The Hall–Kier alpha value is -1.76. The topological polar surface area (TPSA) is 231 Å². The van der Waals surface area contributed by atoms with Gasteiger partial charge in [-0.1, -0.05) is 116 Å². The van der Waals surface area contributed by atoms with Crippen molar-refractivity contribution in [1.82, 2.24) is 0 Å². The van der Waals surface area contributed by atoms with Crippen molar-refractivity contribution < 1.29 is 73.8 Å². The third kappa shape index (κ3) is 21.2. The zero-order valence-electron chi connectivity index (χ0n) is 35.3. The first-order chi connectivity index (χ1) is 28.0. The van der Waals surface area contributed by atoms with Crippen LogP contribution in [0.2, 0.25) is 0 Å². The van der Waals surface area contributed by atoms with Crippen LogP contribution in [0.1, 0.15) is 155 Å². The van der Waals surface area contributed by atoms with Crippen LogP contribution in [-0.2, 0) is 38.0 Å². The predicted molar refractivity (Wildman–Crippen MR) is 215 cm³/mol. The van der Waals surface area contributed by atoms with Crippen molar-refractivity contribution in [3.63, 3.8) is 0 Å². The molecule has 2 rings (SSSR count). The maximum atomic E-state index is 12.9. The van der Waals surface area contributed by atoms with Crippen LogP contribution in [-0.4, -0.2) is 142 Å². The Morgan fingerprint density at radius 1 is 0.534 bits per heavy atom. The highest BCUT2D eigenvalue weighted by Gasteiger charge is 2.47. The van der Waals surface area contributed by atoms with E-state index in [2.05, 4.69) is 26.0 Å². The fourth-order valence-electron chi connectivity index (χ4n) is 6.97. The van der Waals surface area contributed by atoms with Crippen molar-refractivity contribution in [1.29, 1.82) is 0 Å². The number of allylic oxidation sites excluding steroid dienone is 2. The number of hydrogen-bond acceptors (Lipinski definition) is 15. The smallest absolute Gasteiger partial charge is 0.306 e. The van der Waals surface area contributed by atoms with E-state index in [9.17, 15) is 45.3 Å². The Bertz CT molecular complexity index is 1080. The molecular weight excluding hydrogens is 756 g/mol. The molecule has 2 saturated heterocycles. The second-order valence-corrected chi connectivity index (χ2v) is 15.9. The first-order valence-corrected chi connectivity index (χ1v) is 22.3. The Morgan fingerprint density at radius 3 is 1.53 bits per heavy atom. The molecule has 0 aromatic carbocycles. The van der Waals surface area contributed by atoms with Crippen LogP contribution in [0.15, 0.2) is 12.2 Å². The van der Waals surface area contributed by atoms with Gasteiger partial charge >= 0.3 is 11.9 Å². The van der Waals surface area contributed by atoms with Crippen molar-refractivity contribution in [2.24, 2.45) is 0 Å². The first-order valence-electron chi connectivity index (χ1n) is 22.3. The molecule has 0 aliphatic carbocycles. The van der Waals surface area contributed by atoms with Crippen molar-refractivity contribution in [2.75, 3.05) is 26.4 Å². The first kappa shape index (κ1) is 52.4. The molecule has 11 atom stereocenters. The maximum Gasteiger partial charge on any atom is 0.306 e. The number of aliphatic hydroxyl groups excluding tert-OH is 7. The van der Waals surface area contributed by atoms with E-state index in [0.29, 0.717) is 12.8 Å². The fraction of sp³-hybridized carbons (Fsp3) is 0.907. The highest BCUT2D eigenvalue weighted by molar-refractivity contribution is 5.70. The second kappa shape index (κ2) is 32.0. The molecule has 11 unspecified atom stereocenters. The lowest BCUT2D eigenvalue weighted by molar-refractivity contribution is -0.332. The van der Waals surface area contributed by atoms with E-state index in [1.807, 2.05) is 0 Å². The van der Waals surface area contributed by atoms with Gasteiger partial charge in [-0.2, -0.15) is 0 Å². The largest absolute Gasteiger partial charge is 0.462 e. The molecule has 2 aliphatic rings. The summed E-state index contributed by atoms with van der Waals surface area (Å²) in [5.41, 5.74) is 0. The summed E-state index contributed by atoms with van der Waals surface area (Å²) >= 11 is 0. The molecule has 340 valence electrons. The molecule has 0 saturated carbocycles. The molecular formula is C43H78O15. The van der Waals surface area contributed by atoms with Gasteiger partial charge in [0.05, 0.1) is 19.8 Å². The summed E-state index contributed by atoms with van der Waals surface area (Å²) in [4.78, 5) is 25.3. The lowest BCUT2D eigenvalue weighted by atomic mass is 9.98. The summed E-state index contributed by atoms with van der Waals surface area (Å²) in [6.45, 7) is 2.43. The van der Waals surface area contributed by atoms with Crippen LogP contribution >= 0.6 is 0 Å². The van der Waals surface area contributed by atoms with Crippen LogP contribution in [0.4, 0.5) is 0 Å². The van der Waals surface area contributed by atoms with Crippen molar-refractivity contribution in [3.05, 3.63) is 12.2 Å². The van der Waals surface area contributed by atoms with Gasteiger partial charge in [-0.05, 0) is 38.5 Å². The summed E-state index contributed by atoms with van der Waals surface area (Å²) in [6, 6.07) is 0. The molecule has 0 radical (unpaired) electrons. The molecule has 2 aliphatic heterocycles. The second-order valence-electron chi connectivity index (χ2n) is 15.9. The Balaban J connectivity index is 1.77. The number of aliphatic hydroxyl groups is 7.